The molecule has 3 nitrogen and oxygen atoms in total. The molecule has 0 N–H and O–H groups in total. The minimum Gasteiger partial charge on any atom is -0.304 e. The quantitative estimate of drug-likeness (QED) is 0.621. The lowest BCUT2D eigenvalue weighted by atomic mass is 10.2. The minimum atomic E-state index is -4.35. The fourth-order valence-corrected chi connectivity index (χ4v) is 2.98. The molecule has 0 spiro atoms. The molecule has 0 saturated carbocycles. The van der Waals surface area contributed by atoms with E-state index in [1.165, 1.54) is 12.1 Å². The van der Waals surface area contributed by atoms with Crippen LogP contribution in [0.5, 0.6) is 0 Å². The molecule has 4 rings (SSSR count). The summed E-state index contributed by atoms with van der Waals surface area (Å²) in [4.78, 5) is 2.03. The van der Waals surface area contributed by atoms with E-state index in [0.717, 1.165) is 29.2 Å². The molecule has 6 heteroatoms. The molecule has 1 heterocycles. The van der Waals surface area contributed by atoms with Gasteiger partial charge in [-0.2, -0.15) is 18.3 Å². The molecule has 0 atom stereocenters. The molecular formula is C21H16F3N3. The number of anilines is 2. The van der Waals surface area contributed by atoms with Crippen molar-refractivity contribution in [1.82, 2.24) is 0 Å². The Morgan fingerprint density at radius 3 is 1.89 bits per heavy atom. The molecule has 136 valence electrons. The van der Waals surface area contributed by atoms with Crippen LogP contribution in [0.25, 0.3) is 0 Å². The highest BCUT2D eigenvalue weighted by molar-refractivity contribution is 6.11. The van der Waals surface area contributed by atoms with E-state index in [-0.39, 0.29) is 0 Å². The Hall–Kier alpha value is -3.28. The van der Waals surface area contributed by atoms with Gasteiger partial charge in [0, 0.05) is 11.3 Å². The topological polar surface area (TPSA) is 18.8 Å². The third-order valence-electron chi connectivity index (χ3n) is 4.34. The van der Waals surface area contributed by atoms with Crippen LogP contribution in [-0.2, 0) is 6.18 Å². The van der Waals surface area contributed by atoms with Gasteiger partial charge in [-0.15, -0.1) is 0 Å². The first-order valence-electron chi connectivity index (χ1n) is 8.44. The Balaban J connectivity index is 1.70. The van der Waals surface area contributed by atoms with Crippen LogP contribution in [0, 0.1) is 0 Å². The SMILES string of the molecule is FC(F)(F)c1ccc(N2CN(c3ccccc3)C(c3ccccc3)=N2)cc1. The Kier molecular flexibility index (Phi) is 4.32. The summed E-state index contributed by atoms with van der Waals surface area (Å²) in [6, 6.07) is 24.6. The maximum absolute atomic E-state index is 12.8. The first kappa shape index (κ1) is 17.1. The average molecular weight is 367 g/mol. The smallest absolute Gasteiger partial charge is 0.304 e. The van der Waals surface area contributed by atoms with E-state index < -0.39 is 11.7 Å². The highest BCUT2D eigenvalue weighted by atomic mass is 19.4. The summed E-state index contributed by atoms with van der Waals surface area (Å²) in [5.41, 5.74) is 1.85. The van der Waals surface area contributed by atoms with Gasteiger partial charge >= 0.3 is 6.18 Å². The Bertz CT molecular complexity index is 936. The lowest BCUT2D eigenvalue weighted by molar-refractivity contribution is -0.137. The lowest BCUT2D eigenvalue weighted by Crippen LogP contribution is -2.31. The van der Waals surface area contributed by atoms with Crippen LogP contribution in [-0.4, -0.2) is 12.5 Å². The first-order chi connectivity index (χ1) is 13.0. The van der Waals surface area contributed by atoms with Crippen molar-refractivity contribution in [3.63, 3.8) is 0 Å². The van der Waals surface area contributed by atoms with E-state index in [9.17, 15) is 13.2 Å². The molecule has 27 heavy (non-hydrogen) atoms. The van der Waals surface area contributed by atoms with Gasteiger partial charge in [0.15, 0.2) is 5.84 Å². The average Bonchev–Trinajstić information content (AvgIpc) is 3.14. The van der Waals surface area contributed by atoms with Crippen molar-refractivity contribution in [3.05, 3.63) is 96.1 Å². The number of hydrogen-bond acceptors (Lipinski definition) is 3. The van der Waals surface area contributed by atoms with Crippen molar-refractivity contribution >= 4 is 17.2 Å². The Labute approximate surface area is 155 Å². The highest BCUT2D eigenvalue weighted by Crippen LogP contribution is 2.32. The molecule has 0 aromatic heterocycles. The molecular weight excluding hydrogens is 351 g/mol. The van der Waals surface area contributed by atoms with Crippen LogP contribution in [0.2, 0.25) is 0 Å². The van der Waals surface area contributed by atoms with Gasteiger partial charge in [-0.25, -0.2) is 5.01 Å². The zero-order valence-corrected chi connectivity index (χ0v) is 14.3. The first-order valence-corrected chi connectivity index (χ1v) is 8.44. The fraction of sp³-hybridized carbons (Fsp3) is 0.0952. The molecule has 0 radical (unpaired) electrons. The van der Waals surface area contributed by atoms with E-state index in [1.54, 1.807) is 5.01 Å². The maximum atomic E-state index is 12.8. The van der Waals surface area contributed by atoms with Crippen LogP contribution in [0.3, 0.4) is 0 Å². The van der Waals surface area contributed by atoms with E-state index in [4.69, 9.17) is 0 Å². The molecule has 0 fully saturated rings. The Morgan fingerprint density at radius 1 is 0.704 bits per heavy atom. The highest BCUT2D eigenvalue weighted by Gasteiger charge is 2.31. The number of nitrogens with zero attached hydrogens (tertiary/aromatic N) is 3. The van der Waals surface area contributed by atoms with E-state index in [2.05, 4.69) is 5.10 Å². The van der Waals surface area contributed by atoms with E-state index in [1.807, 2.05) is 65.6 Å². The van der Waals surface area contributed by atoms with Gasteiger partial charge in [0.1, 0.15) is 6.67 Å². The number of rotatable bonds is 3. The van der Waals surface area contributed by atoms with Crippen molar-refractivity contribution < 1.29 is 13.2 Å². The monoisotopic (exact) mass is 367 g/mol. The standard InChI is InChI=1S/C21H16F3N3/c22-21(23,24)17-11-13-19(14-12-17)27-15-26(18-9-5-2-6-10-18)20(25-27)16-7-3-1-4-8-16/h1-14H,15H2. The van der Waals surface area contributed by atoms with Crippen molar-refractivity contribution in [2.24, 2.45) is 5.10 Å². The molecule has 0 aliphatic carbocycles. The number of amidine groups is 1. The van der Waals surface area contributed by atoms with Crippen molar-refractivity contribution in [1.29, 1.82) is 0 Å². The second kappa shape index (κ2) is 6.79. The predicted octanol–water partition coefficient (Wildman–Crippen LogP) is 5.35. The molecule has 0 bridgehead atoms. The van der Waals surface area contributed by atoms with Gasteiger partial charge in [-0.1, -0.05) is 48.5 Å². The molecule has 0 unspecified atom stereocenters. The van der Waals surface area contributed by atoms with Gasteiger partial charge in [0.25, 0.3) is 0 Å². The van der Waals surface area contributed by atoms with Crippen molar-refractivity contribution in [3.8, 4) is 0 Å². The molecule has 1 aliphatic heterocycles. The van der Waals surface area contributed by atoms with Crippen LogP contribution >= 0.6 is 0 Å². The summed E-state index contributed by atoms with van der Waals surface area (Å²) in [6.45, 7) is 0.416. The number of hydrogen-bond donors (Lipinski definition) is 0. The minimum absolute atomic E-state index is 0.416. The summed E-state index contributed by atoms with van der Waals surface area (Å²) in [5, 5.41) is 6.38. The largest absolute Gasteiger partial charge is 0.416 e. The Morgan fingerprint density at radius 2 is 1.30 bits per heavy atom. The lowest BCUT2D eigenvalue weighted by Gasteiger charge is -2.21. The molecule has 3 aromatic rings. The van der Waals surface area contributed by atoms with E-state index >= 15 is 0 Å². The molecule has 3 aromatic carbocycles. The molecule has 0 saturated heterocycles. The van der Waals surface area contributed by atoms with E-state index in [0.29, 0.717) is 12.4 Å². The number of para-hydroxylation sites is 1. The van der Waals surface area contributed by atoms with Crippen LogP contribution in [0.1, 0.15) is 11.1 Å². The normalized spacial score (nSPS) is 14.4. The zero-order valence-electron chi connectivity index (χ0n) is 14.3. The van der Waals surface area contributed by atoms with Gasteiger partial charge in [0.05, 0.1) is 11.3 Å². The number of alkyl halides is 3. The second-order valence-electron chi connectivity index (χ2n) is 6.14. The van der Waals surface area contributed by atoms with Crippen LogP contribution < -0.4 is 9.91 Å². The van der Waals surface area contributed by atoms with Gasteiger partial charge in [-0.3, -0.25) is 0 Å². The van der Waals surface area contributed by atoms with Crippen molar-refractivity contribution in [2.75, 3.05) is 16.6 Å². The summed E-state index contributed by atoms with van der Waals surface area (Å²) in [6.07, 6.45) is -4.35. The van der Waals surface area contributed by atoms with Gasteiger partial charge in [-0.05, 0) is 36.4 Å². The third-order valence-corrected chi connectivity index (χ3v) is 4.34. The fourth-order valence-electron chi connectivity index (χ4n) is 2.98. The van der Waals surface area contributed by atoms with Crippen molar-refractivity contribution in [2.45, 2.75) is 6.18 Å². The number of hydrazone groups is 1. The van der Waals surface area contributed by atoms with Crippen LogP contribution in [0.15, 0.2) is 90.0 Å². The summed E-state index contributed by atoms with van der Waals surface area (Å²) >= 11 is 0. The van der Waals surface area contributed by atoms with Crippen LogP contribution in [0.4, 0.5) is 24.5 Å². The van der Waals surface area contributed by atoms with Gasteiger partial charge in [0.2, 0.25) is 0 Å². The summed E-state index contributed by atoms with van der Waals surface area (Å²) in [5.74, 6) is 0.752. The zero-order chi connectivity index (χ0) is 18.9. The second-order valence-corrected chi connectivity index (χ2v) is 6.14. The third kappa shape index (κ3) is 3.51. The maximum Gasteiger partial charge on any atom is 0.416 e. The predicted molar refractivity (Wildman–Crippen MR) is 101 cm³/mol. The summed E-state index contributed by atoms with van der Waals surface area (Å²) in [7, 11) is 0. The molecule has 1 aliphatic rings. The number of benzene rings is 3. The van der Waals surface area contributed by atoms with Gasteiger partial charge < -0.3 is 4.90 Å². The molecule has 0 amide bonds. The summed E-state index contributed by atoms with van der Waals surface area (Å²) < 4.78 is 38.4. The number of halogens is 3.